The lowest BCUT2D eigenvalue weighted by Crippen LogP contribution is -2.53. The number of hydrogen-bond donors (Lipinski definition) is 1. The first-order valence-corrected chi connectivity index (χ1v) is 12.4. The van der Waals surface area contributed by atoms with E-state index in [-0.39, 0.29) is 18.2 Å². The fourth-order valence-corrected chi connectivity index (χ4v) is 5.56. The summed E-state index contributed by atoms with van der Waals surface area (Å²) in [6, 6.07) is 17.2. The highest BCUT2D eigenvalue weighted by Gasteiger charge is 2.38. The van der Waals surface area contributed by atoms with Gasteiger partial charge in [-0.25, -0.2) is 4.39 Å². The van der Waals surface area contributed by atoms with Crippen LogP contribution in [-0.4, -0.2) is 58.8 Å². The van der Waals surface area contributed by atoms with Crippen molar-refractivity contribution in [1.29, 1.82) is 0 Å². The van der Waals surface area contributed by atoms with Crippen LogP contribution in [0.15, 0.2) is 48.5 Å². The van der Waals surface area contributed by atoms with Crippen LogP contribution >= 0.6 is 0 Å². The minimum absolute atomic E-state index is 0.0102. The summed E-state index contributed by atoms with van der Waals surface area (Å²) in [6.45, 7) is 11.3. The Labute approximate surface area is 196 Å². The van der Waals surface area contributed by atoms with E-state index < -0.39 is 5.67 Å². The number of H-pyrrole nitrogens is 1. The van der Waals surface area contributed by atoms with Gasteiger partial charge in [-0.15, -0.1) is 0 Å². The first-order chi connectivity index (χ1) is 15.8. The number of halogens is 1. The average molecular weight is 450 g/mol. The highest BCUT2D eigenvalue weighted by atomic mass is 19.1. The van der Waals surface area contributed by atoms with Gasteiger partial charge >= 0.3 is 0 Å². The van der Waals surface area contributed by atoms with Crippen LogP contribution in [0.3, 0.4) is 0 Å². The minimum atomic E-state index is -1.27. The molecule has 5 rings (SSSR count). The Hall–Kier alpha value is -2.37. The number of hydrogen-bond acceptors (Lipinski definition) is 3. The summed E-state index contributed by atoms with van der Waals surface area (Å²) in [7, 11) is 0. The van der Waals surface area contributed by atoms with E-state index in [1.165, 1.54) is 28.6 Å². The van der Waals surface area contributed by atoms with Gasteiger partial charge in [0, 0.05) is 42.3 Å². The number of nitrogens with one attached hydrogen (secondary N) is 1. The monoisotopic (exact) mass is 449 g/mol. The predicted molar refractivity (Wildman–Crippen MR) is 133 cm³/mol. The smallest absolute Gasteiger partial charge is 0.124 e. The van der Waals surface area contributed by atoms with Gasteiger partial charge in [-0.1, -0.05) is 37.3 Å². The van der Waals surface area contributed by atoms with Crippen LogP contribution in [0.4, 0.5) is 4.39 Å². The lowest BCUT2D eigenvalue weighted by molar-refractivity contribution is 0.0202. The Kier molecular flexibility index (Phi) is 5.96. The summed E-state index contributed by atoms with van der Waals surface area (Å²) in [6.07, 6.45) is 2.38. The molecule has 33 heavy (non-hydrogen) atoms. The van der Waals surface area contributed by atoms with Crippen molar-refractivity contribution in [3.8, 4) is 5.75 Å². The quantitative estimate of drug-likeness (QED) is 0.500. The van der Waals surface area contributed by atoms with Crippen molar-refractivity contribution in [3.05, 3.63) is 65.4 Å². The molecular weight excluding hydrogens is 413 g/mol. The molecule has 176 valence electrons. The van der Waals surface area contributed by atoms with Crippen molar-refractivity contribution in [1.82, 2.24) is 14.8 Å². The summed E-state index contributed by atoms with van der Waals surface area (Å²) in [5, 5.41) is 1.28. The number of alkyl halides is 1. The summed E-state index contributed by atoms with van der Waals surface area (Å²) < 4.78 is 21.1. The number of para-hydroxylation sites is 1. The van der Waals surface area contributed by atoms with Crippen LogP contribution in [0.2, 0.25) is 0 Å². The minimum Gasteiger partial charge on any atom is -0.488 e. The highest BCUT2D eigenvalue weighted by molar-refractivity contribution is 5.85. The number of ether oxygens (including phenoxy) is 1. The molecule has 3 aromatic rings. The van der Waals surface area contributed by atoms with E-state index in [0.29, 0.717) is 6.54 Å². The lowest BCUT2D eigenvalue weighted by Gasteiger charge is -2.43. The van der Waals surface area contributed by atoms with E-state index in [9.17, 15) is 4.39 Å². The molecule has 3 heterocycles. The van der Waals surface area contributed by atoms with Crippen LogP contribution < -0.4 is 4.74 Å². The molecule has 2 aliphatic heterocycles. The van der Waals surface area contributed by atoms with Gasteiger partial charge in [-0.05, 0) is 69.5 Å². The Morgan fingerprint density at radius 2 is 1.82 bits per heavy atom. The Balaban J connectivity index is 1.45. The van der Waals surface area contributed by atoms with Crippen LogP contribution in [0, 0.1) is 0 Å². The molecule has 1 saturated heterocycles. The van der Waals surface area contributed by atoms with Crippen molar-refractivity contribution in [2.24, 2.45) is 0 Å². The number of aromatic nitrogens is 1. The van der Waals surface area contributed by atoms with E-state index in [4.69, 9.17) is 4.74 Å². The van der Waals surface area contributed by atoms with Gasteiger partial charge in [-0.3, -0.25) is 9.80 Å². The predicted octanol–water partition coefficient (Wildman–Crippen LogP) is 5.73. The zero-order valence-electron chi connectivity index (χ0n) is 20.3. The SMILES string of the molecule is CCCN1CC(Oc2ccc(C3c4[nH]c5ccccc5c4CC(C)N3CC(C)(C)F)cc2)C1. The summed E-state index contributed by atoms with van der Waals surface area (Å²) >= 11 is 0. The Morgan fingerprint density at radius 3 is 2.52 bits per heavy atom. The third kappa shape index (κ3) is 4.53. The van der Waals surface area contributed by atoms with E-state index in [2.05, 4.69) is 77.2 Å². The third-order valence-electron chi connectivity index (χ3n) is 7.04. The van der Waals surface area contributed by atoms with Crippen molar-refractivity contribution in [2.75, 3.05) is 26.2 Å². The molecule has 2 aromatic carbocycles. The van der Waals surface area contributed by atoms with E-state index in [1.807, 2.05) is 0 Å². The van der Waals surface area contributed by atoms with Gasteiger partial charge < -0.3 is 9.72 Å². The number of rotatable bonds is 7. The number of benzene rings is 2. The molecule has 0 amide bonds. The van der Waals surface area contributed by atoms with Gasteiger partial charge in [-0.2, -0.15) is 0 Å². The van der Waals surface area contributed by atoms with Crippen molar-refractivity contribution < 1.29 is 9.13 Å². The number of aromatic amines is 1. The molecule has 2 unspecified atom stereocenters. The first kappa shape index (κ1) is 22.4. The zero-order valence-corrected chi connectivity index (χ0v) is 20.3. The number of fused-ring (bicyclic) bond motifs is 3. The molecule has 1 N–H and O–H groups in total. The third-order valence-corrected chi connectivity index (χ3v) is 7.04. The number of likely N-dealkylation sites (tertiary alicyclic amines) is 1. The van der Waals surface area contributed by atoms with E-state index >= 15 is 0 Å². The Bertz CT molecular complexity index is 1090. The van der Waals surface area contributed by atoms with Crippen LogP contribution in [-0.2, 0) is 6.42 Å². The van der Waals surface area contributed by atoms with Gasteiger partial charge in [0.1, 0.15) is 17.5 Å². The topological polar surface area (TPSA) is 31.5 Å². The second-order valence-electron chi connectivity index (χ2n) is 10.5. The van der Waals surface area contributed by atoms with Gasteiger partial charge in [0.05, 0.1) is 6.04 Å². The normalized spacial score (nSPS) is 22.3. The van der Waals surface area contributed by atoms with Gasteiger partial charge in [0.15, 0.2) is 0 Å². The zero-order chi connectivity index (χ0) is 23.2. The van der Waals surface area contributed by atoms with E-state index in [0.717, 1.165) is 37.3 Å². The standard InChI is InChI=1S/C28H36FN3O/c1-5-14-31-16-22(17-31)33-21-12-10-20(11-13-21)27-26-24(23-8-6-7-9-25(23)30-26)15-19(2)32(27)18-28(3,4)29/h6-13,19,22,27,30H,5,14-18H2,1-4H3. The molecule has 0 radical (unpaired) electrons. The largest absolute Gasteiger partial charge is 0.488 e. The maximum absolute atomic E-state index is 14.9. The average Bonchev–Trinajstić information content (AvgIpc) is 3.10. The van der Waals surface area contributed by atoms with E-state index in [1.54, 1.807) is 13.8 Å². The number of nitrogens with zero attached hydrogens (tertiary/aromatic N) is 2. The second kappa shape index (κ2) is 8.77. The van der Waals surface area contributed by atoms with Crippen LogP contribution in [0.25, 0.3) is 10.9 Å². The fraction of sp³-hybridized carbons (Fsp3) is 0.500. The van der Waals surface area contributed by atoms with Crippen LogP contribution in [0.5, 0.6) is 5.75 Å². The molecular formula is C28H36FN3O. The van der Waals surface area contributed by atoms with Gasteiger partial charge in [0.2, 0.25) is 0 Å². The molecule has 1 aromatic heterocycles. The molecule has 4 nitrogen and oxygen atoms in total. The molecule has 2 atom stereocenters. The lowest BCUT2D eigenvalue weighted by atomic mass is 9.87. The molecule has 1 fully saturated rings. The fourth-order valence-electron chi connectivity index (χ4n) is 5.56. The van der Waals surface area contributed by atoms with Gasteiger partial charge in [0.25, 0.3) is 0 Å². The van der Waals surface area contributed by atoms with Crippen molar-refractivity contribution in [3.63, 3.8) is 0 Å². The molecule has 0 bridgehead atoms. The first-order valence-electron chi connectivity index (χ1n) is 12.4. The maximum atomic E-state index is 14.9. The Morgan fingerprint density at radius 1 is 1.09 bits per heavy atom. The maximum Gasteiger partial charge on any atom is 0.124 e. The molecule has 2 aliphatic rings. The van der Waals surface area contributed by atoms with Crippen molar-refractivity contribution in [2.45, 2.75) is 64.4 Å². The molecule has 0 aliphatic carbocycles. The summed E-state index contributed by atoms with van der Waals surface area (Å²) in [4.78, 5) is 8.43. The highest BCUT2D eigenvalue weighted by Crippen LogP contribution is 2.42. The molecule has 0 saturated carbocycles. The summed E-state index contributed by atoms with van der Waals surface area (Å²) in [5.41, 5.74) is 3.62. The second-order valence-corrected chi connectivity index (χ2v) is 10.5. The van der Waals surface area contributed by atoms with Crippen molar-refractivity contribution >= 4 is 10.9 Å². The molecule has 5 heteroatoms. The molecule has 0 spiro atoms. The summed E-state index contributed by atoms with van der Waals surface area (Å²) in [5.74, 6) is 0.915. The van der Waals surface area contributed by atoms with Crippen LogP contribution in [0.1, 0.15) is 57.0 Å².